The van der Waals surface area contributed by atoms with E-state index in [1.807, 2.05) is 43.3 Å². The van der Waals surface area contributed by atoms with E-state index in [-0.39, 0.29) is 22.3 Å². The van der Waals surface area contributed by atoms with E-state index >= 15 is 0 Å². The lowest BCUT2D eigenvalue weighted by atomic mass is 10.1. The van der Waals surface area contributed by atoms with Gasteiger partial charge < -0.3 is 15.4 Å². The Labute approximate surface area is 232 Å². The lowest BCUT2D eigenvalue weighted by Crippen LogP contribution is -2.38. The number of amides is 4. The molecule has 10 heteroatoms. The Bertz CT molecular complexity index is 1370. The summed E-state index contributed by atoms with van der Waals surface area (Å²) in [6.07, 6.45) is 2.17. The molecule has 2 N–H and O–H groups in total. The summed E-state index contributed by atoms with van der Waals surface area (Å²) < 4.78 is 6.75. The molecule has 0 saturated carbocycles. The van der Waals surface area contributed by atoms with Crippen LogP contribution in [0.4, 0.5) is 10.5 Å². The molecule has 0 bridgehead atoms. The maximum Gasteiger partial charge on any atom is 0.329 e. The van der Waals surface area contributed by atoms with E-state index in [2.05, 4.69) is 26.6 Å². The fourth-order valence-corrected chi connectivity index (χ4v) is 4.58. The second-order valence-corrected chi connectivity index (χ2v) is 9.90. The van der Waals surface area contributed by atoms with Crippen LogP contribution in [0.15, 0.2) is 70.8 Å². The van der Waals surface area contributed by atoms with Gasteiger partial charge >= 0.3 is 6.03 Å². The van der Waals surface area contributed by atoms with E-state index in [9.17, 15) is 14.4 Å². The third-order valence-corrected chi connectivity index (χ3v) is 6.65. The van der Waals surface area contributed by atoms with Crippen LogP contribution in [0, 0.1) is 0 Å². The molecule has 0 aliphatic carbocycles. The minimum atomic E-state index is -0.693. The molecule has 37 heavy (non-hydrogen) atoms. The number of nitrogens with one attached hydrogen (secondary N) is 2. The van der Waals surface area contributed by atoms with Gasteiger partial charge in [0.05, 0.1) is 10.0 Å². The first kappa shape index (κ1) is 26.7. The number of benzene rings is 3. The molecule has 0 unspecified atom stereocenters. The molecule has 190 valence electrons. The Morgan fingerprint density at radius 2 is 1.76 bits per heavy atom. The monoisotopic (exact) mass is 601 g/mol. The maximum absolute atomic E-state index is 12.9. The lowest BCUT2D eigenvalue weighted by molar-refractivity contribution is -0.127. The number of urea groups is 1. The molecule has 0 aromatic heterocycles. The molecule has 4 amide bonds. The smallest absolute Gasteiger partial charge is 0.329 e. The molecule has 3 aromatic carbocycles. The topological polar surface area (TPSA) is 87.7 Å². The van der Waals surface area contributed by atoms with Crippen molar-refractivity contribution in [2.24, 2.45) is 0 Å². The number of ether oxygens (including phenoxy) is 1. The number of nitrogens with zero attached hydrogens (tertiary/aromatic N) is 1. The Balaban J connectivity index is 1.44. The first-order valence-corrected chi connectivity index (χ1v) is 12.9. The van der Waals surface area contributed by atoms with Crippen molar-refractivity contribution in [2.45, 2.75) is 20.0 Å². The zero-order valence-corrected chi connectivity index (χ0v) is 22.8. The zero-order chi connectivity index (χ0) is 26.5. The van der Waals surface area contributed by atoms with Gasteiger partial charge in [0.1, 0.15) is 18.8 Å². The number of aryl methyl sites for hydroxylation is 1. The molecular weight excluding hydrogens is 581 g/mol. The summed E-state index contributed by atoms with van der Waals surface area (Å²) in [5, 5.41) is 5.75. The van der Waals surface area contributed by atoms with E-state index in [1.54, 1.807) is 24.3 Å². The van der Waals surface area contributed by atoms with E-state index in [1.165, 1.54) is 6.08 Å². The molecule has 3 aromatic rings. The summed E-state index contributed by atoms with van der Waals surface area (Å²) >= 11 is 16.2. The Morgan fingerprint density at radius 1 is 1.08 bits per heavy atom. The largest absolute Gasteiger partial charge is 0.486 e. The van der Waals surface area contributed by atoms with Crippen LogP contribution in [0.5, 0.6) is 5.75 Å². The third kappa shape index (κ3) is 6.52. The number of hydrogen-bond donors (Lipinski definition) is 2. The van der Waals surface area contributed by atoms with Crippen molar-refractivity contribution in [2.75, 3.05) is 11.9 Å². The molecule has 1 heterocycles. The Kier molecular flexibility index (Phi) is 8.53. The summed E-state index contributed by atoms with van der Waals surface area (Å²) in [7, 11) is 0. The second kappa shape index (κ2) is 11.8. The fraction of sp³-hybridized carbons (Fsp3) is 0.148. The van der Waals surface area contributed by atoms with Crippen molar-refractivity contribution in [1.29, 1.82) is 0 Å². The number of anilines is 1. The van der Waals surface area contributed by atoms with Crippen LogP contribution in [0.2, 0.25) is 10.0 Å². The maximum atomic E-state index is 12.9. The van der Waals surface area contributed by atoms with Crippen molar-refractivity contribution in [3.63, 3.8) is 0 Å². The predicted molar refractivity (Wildman–Crippen MR) is 148 cm³/mol. The van der Waals surface area contributed by atoms with Crippen molar-refractivity contribution < 1.29 is 19.1 Å². The summed E-state index contributed by atoms with van der Waals surface area (Å²) in [5.74, 6) is -0.809. The number of imide groups is 1. The van der Waals surface area contributed by atoms with Crippen LogP contribution in [-0.4, -0.2) is 29.3 Å². The summed E-state index contributed by atoms with van der Waals surface area (Å²) in [4.78, 5) is 38.7. The Morgan fingerprint density at radius 3 is 2.43 bits per heavy atom. The number of halogens is 3. The molecule has 0 radical (unpaired) electrons. The average molecular weight is 603 g/mol. The number of carbonyl (C=O) groups is 3. The summed E-state index contributed by atoms with van der Waals surface area (Å²) in [5.41, 5.74) is 3.01. The number of rotatable bonds is 8. The third-order valence-electron chi connectivity index (χ3n) is 5.56. The number of hydrogen-bond acceptors (Lipinski definition) is 4. The molecule has 7 nitrogen and oxygen atoms in total. The molecule has 0 spiro atoms. The van der Waals surface area contributed by atoms with Gasteiger partial charge in [0, 0.05) is 10.2 Å². The van der Waals surface area contributed by atoms with Crippen LogP contribution >= 0.6 is 39.1 Å². The molecule has 4 rings (SSSR count). The van der Waals surface area contributed by atoms with Crippen molar-refractivity contribution in [3.8, 4) is 5.75 Å². The van der Waals surface area contributed by atoms with Gasteiger partial charge in [-0.05, 0) is 59.5 Å². The first-order valence-electron chi connectivity index (χ1n) is 11.3. The van der Waals surface area contributed by atoms with Gasteiger partial charge in [-0.2, -0.15) is 0 Å². The SMILES string of the molecule is CCc1ccccc1NC(=O)CN1C(=O)N/C(=C/c2cc(Cl)c(OCc3ccc(Br)cc3)c(Cl)c2)C1=O. The minimum absolute atomic E-state index is 0.00224. The van der Waals surface area contributed by atoms with Crippen LogP contribution in [0.25, 0.3) is 6.08 Å². The van der Waals surface area contributed by atoms with Gasteiger partial charge in [0.15, 0.2) is 5.75 Å². The zero-order valence-electron chi connectivity index (χ0n) is 19.7. The summed E-state index contributed by atoms with van der Waals surface area (Å²) in [6.45, 7) is 1.81. The van der Waals surface area contributed by atoms with E-state index in [0.717, 1.165) is 26.9 Å². The molecular formula is C27H22BrCl2N3O4. The molecule has 1 fully saturated rings. The van der Waals surface area contributed by atoms with E-state index in [0.29, 0.717) is 17.0 Å². The molecule has 0 atom stereocenters. The number of para-hydroxylation sites is 1. The van der Waals surface area contributed by atoms with Gasteiger partial charge in [-0.15, -0.1) is 0 Å². The van der Waals surface area contributed by atoms with Crippen LogP contribution < -0.4 is 15.4 Å². The normalized spacial score (nSPS) is 14.2. The summed E-state index contributed by atoms with van der Waals surface area (Å²) in [6, 6.07) is 17.4. The van der Waals surface area contributed by atoms with E-state index in [4.69, 9.17) is 27.9 Å². The first-order chi connectivity index (χ1) is 17.7. The van der Waals surface area contributed by atoms with Gasteiger partial charge in [0.2, 0.25) is 5.91 Å². The highest BCUT2D eigenvalue weighted by Crippen LogP contribution is 2.35. The van der Waals surface area contributed by atoms with Crippen LogP contribution in [0.3, 0.4) is 0 Å². The standard InChI is InChI=1S/C27H22BrCl2N3O4/c1-2-18-5-3-4-6-22(18)31-24(34)14-33-26(35)23(32-27(33)36)13-17-11-20(29)25(21(30)12-17)37-15-16-7-9-19(28)10-8-16/h3-13H,2,14-15H2,1H3,(H,31,34)(H,32,36)/b23-13+. The van der Waals surface area contributed by atoms with Crippen LogP contribution in [0.1, 0.15) is 23.6 Å². The fourth-order valence-electron chi connectivity index (χ4n) is 3.70. The second-order valence-electron chi connectivity index (χ2n) is 8.17. The predicted octanol–water partition coefficient (Wildman–Crippen LogP) is 6.43. The average Bonchev–Trinajstić information content (AvgIpc) is 3.12. The van der Waals surface area contributed by atoms with Gasteiger partial charge in [0.25, 0.3) is 5.91 Å². The van der Waals surface area contributed by atoms with Gasteiger partial charge in [-0.3, -0.25) is 9.59 Å². The Hall–Kier alpha value is -3.33. The quantitative estimate of drug-likeness (QED) is 0.230. The van der Waals surface area contributed by atoms with Crippen molar-refractivity contribution >= 4 is 68.7 Å². The molecule has 1 aliphatic heterocycles. The van der Waals surface area contributed by atoms with Gasteiger partial charge in [-0.1, -0.05) is 76.4 Å². The highest BCUT2D eigenvalue weighted by atomic mass is 79.9. The highest BCUT2D eigenvalue weighted by molar-refractivity contribution is 9.10. The lowest BCUT2D eigenvalue weighted by Gasteiger charge is -2.13. The molecule has 1 aliphatic rings. The van der Waals surface area contributed by atoms with Crippen molar-refractivity contribution in [3.05, 3.63) is 97.6 Å². The highest BCUT2D eigenvalue weighted by Gasteiger charge is 2.35. The number of carbonyl (C=O) groups excluding carboxylic acids is 3. The van der Waals surface area contributed by atoms with Gasteiger partial charge in [-0.25, -0.2) is 9.69 Å². The van der Waals surface area contributed by atoms with E-state index < -0.39 is 24.4 Å². The van der Waals surface area contributed by atoms with Crippen LogP contribution in [-0.2, 0) is 22.6 Å². The van der Waals surface area contributed by atoms with Crippen molar-refractivity contribution in [1.82, 2.24) is 10.2 Å². The molecule has 1 saturated heterocycles. The minimum Gasteiger partial charge on any atom is -0.486 e.